The lowest BCUT2D eigenvalue weighted by Gasteiger charge is -2.27. The molecule has 0 aliphatic carbocycles. The summed E-state index contributed by atoms with van der Waals surface area (Å²) in [6.07, 6.45) is -0.268. The summed E-state index contributed by atoms with van der Waals surface area (Å²) in [6.45, 7) is 0. The van der Waals surface area contributed by atoms with E-state index >= 15 is 0 Å². The number of carbonyl (C=O) groups excluding carboxylic acids is 1. The zero-order valence-electron chi connectivity index (χ0n) is 12.0. The molecule has 2 aromatic carbocycles. The van der Waals surface area contributed by atoms with Crippen LogP contribution >= 0.6 is 23.6 Å². The number of anilines is 1. The molecule has 0 fully saturated rings. The lowest BCUT2D eigenvalue weighted by atomic mass is 10.1. The molecular weight excluding hydrogens is 326 g/mol. The molecule has 114 valence electrons. The highest BCUT2D eigenvalue weighted by Crippen LogP contribution is 2.34. The van der Waals surface area contributed by atoms with Gasteiger partial charge in [0.05, 0.1) is 0 Å². The Labute approximate surface area is 142 Å². The summed E-state index contributed by atoms with van der Waals surface area (Å²) in [5, 5.41) is 6.39. The fraction of sp³-hybridized carbons (Fsp3) is 0.0588. The number of benzene rings is 2. The van der Waals surface area contributed by atoms with Gasteiger partial charge in [-0.2, -0.15) is 0 Å². The third-order valence-electron chi connectivity index (χ3n) is 3.72. The maximum absolute atomic E-state index is 12.5. The molecule has 4 nitrogen and oxygen atoms in total. The summed E-state index contributed by atoms with van der Waals surface area (Å²) in [5.74, 6) is 0.655. The largest absolute Gasteiger partial charge is 0.346 e. The van der Waals surface area contributed by atoms with Crippen LogP contribution in [0.5, 0.6) is 0 Å². The van der Waals surface area contributed by atoms with Crippen LogP contribution in [0.25, 0.3) is 5.69 Å². The van der Waals surface area contributed by atoms with Crippen molar-refractivity contribution in [3.05, 3.63) is 75.1 Å². The van der Waals surface area contributed by atoms with E-state index < -0.39 is 0 Å². The minimum absolute atomic E-state index is 0.0987. The Bertz CT molecular complexity index is 916. The summed E-state index contributed by atoms with van der Waals surface area (Å²) >= 11 is 6.79. The van der Waals surface area contributed by atoms with Crippen LogP contribution in [0.1, 0.15) is 21.4 Å². The van der Waals surface area contributed by atoms with E-state index in [2.05, 4.69) is 10.6 Å². The number of nitrogens with one attached hydrogen (secondary N) is 2. The van der Waals surface area contributed by atoms with E-state index in [9.17, 15) is 4.79 Å². The van der Waals surface area contributed by atoms with Crippen LogP contribution in [0, 0.1) is 3.95 Å². The Hall–Kier alpha value is -2.44. The van der Waals surface area contributed by atoms with Crippen molar-refractivity contribution in [2.24, 2.45) is 0 Å². The van der Waals surface area contributed by atoms with Crippen molar-refractivity contribution < 1.29 is 4.79 Å². The highest BCUT2D eigenvalue weighted by atomic mass is 32.1. The van der Waals surface area contributed by atoms with Crippen LogP contribution in [0.15, 0.2) is 60.7 Å². The second-order valence-electron chi connectivity index (χ2n) is 5.18. The van der Waals surface area contributed by atoms with Crippen LogP contribution in [-0.2, 0) is 0 Å². The van der Waals surface area contributed by atoms with Crippen molar-refractivity contribution in [3.63, 3.8) is 0 Å². The van der Waals surface area contributed by atoms with Crippen molar-refractivity contribution in [1.82, 2.24) is 9.88 Å². The third kappa shape index (κ3) is 2.46. The van der Waals surface area contributed by atoms with Crippen molar-refractivity contribution >= 4 is 35.3 Å². The quantitative estimate of drug-likeness (QED) is 0.690. The normalized spacial score (nSPS) is 16.3. The molecule has 3 aromatic rings. The molecule has 23 heavy (non-hydrogen) atoms. The molecule has 0 radical (unpaired) electrons. The minimum atomic E-state index is -0.268. The van der Waals surface area contributed by atoms with E-state index in [-0.39, 0.29) is 12.1 Å². The number of para-hydroxylation sites is 1. The van der Waals surface area contributed by atoms with Gasteiger partial charge < -0.3 is 10.6 Å². The third-order valence-corrected chi connectivity index (χ3v) is 5.09. The molecule has 0 saturated carbocycles. The Kier molecular flexibility index (Phi) is 3.48. The van der Waals surface area contributed by atoms with E-state index in [1.165, 1.54) is 11.3 Å². The van der Waals surface area contributed by atoms with Gasteiger partial charge in [-0.05, 0) is 29.9 Å². The highest BCUT2D eigenvalue weighted by molar-refractivity contribution is 7.73. The van der Waals surface area contributed by atoms with Crippen LogP contribution in [0.3, 0.4) is 0 Å². The Morgan fingerprint density at radius 2 is 1.61 bits per heavy atom. The van der Waals surface area contributed by atoms with E-state index in [1.807, 2.05) is 65.2 Å². The lowest BCUT2D eigenvalue weighted by Crippen LogP contribution is -2.38. The predicted molar refractivity (Wildman–Crippen MR) is 94.8 cm³/mol. The Balaban J connectivity index is 1.83. The van der Waals surface area contributed by atoms with Gasteiger partial charge in [-0.15, -0.1) is 0 Å². The number of amides is 1. The first-order chi connectivity index (χ1) is 11.2. The molecule has 0 saturated heterocycles. The SMILES string of the molecule is O=C1N[C@@H](c2ccccc2)Nc2c1sc(=S)n2-c1ccccc1. The maximum Gasteiger partial charge on any atom is 0.267 e. The molecule has 1 aliphatic rings. The van der Waals surface area contributed by atoms with Gasteiger partial charge in [0.2, 0.25) is 0 Å². The minimum Gasteiger partial charge on any atom is -0.346 e. The summed E-state index contributed by atoms with van der Waals surface area (Å²) < 4.78 is 2.57. The molecule has 1 aromatic heterocycles. The van der Waals surface area contributed by atoms with Crippen molar-refractivity contribution in [2.45, 2.75) is 6.17 Å². The van der Waals surface area contributed by atoms with Crippen LogP contribution < -0.4 is 10.6 Å². The summed E-state index contributed by atoms with van der Waals surface area (Å²) in [6, 6.07) is 19.7. The molecule has 1 amide bonds. The Morgan fingerprint density at radius 3 is 2.30 bits per heavy atom. The van der Waals surface area contributed by atoms with Crippen molar-refractivity contribution in [1.29, 1.82) is 0 Å². The second kappa shape index (κ2) is 5.64. The fourth-order valence-electron chi connectivity index (χ4n) is 2.65. The summed E-state index contributed by atoms with van der Waals surface area (Å²) in [5.41, 5.74) is 1.95. The van der Waals surface area contributed by atoms with Gasteiger partial charge in [0.25, 0.3) is 5.91 Å². The number of fused-ring (bicyclic) bond motifs is 1. The topological polar surface area (TPSA) is 46.1 Å². The molecule has 6 heteroatoms. The van der Waals surface area contributed by atoms with Gasteiger partial charge in [-0.1, -0.05) is 59.9 Å². The van der Waals surface area contributed by atoms with E-state index in [0.29, 0.717) is 8.83 Å². The van der Waals surface area contributed by atoms with Gasteiger partial charge in [-0.25, -0.2) is 0 Å². The molecule has 2 heterocycles. The highest BCUT2D eigenvalue weighted by Gasteiger charge is 2.29. The number of aromatic nitrogens is 1. The smallest absolute Gasteiger partial charge is 0.267 e. The lowest BCUT2D eigenvalue weighted by molar-refractivity contribution is 0.0939. The first kappa shape index (κ1) is 14.2. The average Bonchev–Trinajstić information content (AvgIpc) is 2.93. The molecule has 4 rings (SSSR count). The van der Waals surface area contributed by atoms with Crippen molar-refractivity contribution in [2.75, 3.05) is 5.32 Å². The first-order valence-electron chi connectivity index (χ1n) is 7.17. The number of hydrogen-bond acceptors (Lipinski definition) is 4. The molecule has 1 aliphatic heterocycles. The van der Waals surface area contributed by atoms with Crippen LogP contribution in [0.4, 0.5) is 5.82 Å². The number of hydrogen-bond donors (Lipinski definition) is 2. The Morgan fingerprint density at radius 1 is 0.957 bits per heavy atom. The van der Waals surface area contributed by atoms with Gasteiger partial charge in [-0.3, -0.25) is 9.36 Å². The number of nitrogens with zero attached hydrogens (tertiary/aromatic N) is 1. The van der Waals surface area contributed by atoms with Crippen LogP contribution in [-0.4, -0.2) is 10.5 Å². The second-order valence-corrected chi connectivity index (χ2v) is 6.82. The number of carbonyl (C=O) groups is 1. The summed E-state index contributed by atoms with van der Waals surface area (Å²) in [7, 11) is 0. The predicted octanol–water partition coefficient (Wildman–Crippen LogP) is 4.12. The molecule has 0 spiro atoms. The van der Waals surface area contributed by atoms with Crippen molar-refractivity contribution in [3.8, 4) is 5.69 Å². The van der Waals surface area contributed by atoms with Gasteiger partial charge in [0.15, 0.2) is 3.95 Å². The average molecular weight is 339 g/mol. The van der Waals surface area contributed by atoms with Crippen LogP contribution in [0.2, 0.25) is 0 Å². The fourth-order valence-corrected chi connectivity index (χ4v) is 3.96. The van der Waals surface area contributed by atoms with Gasteiger partial charge in [0.1, 0.15) is 16.9 Å². The number of rotatable bonds is 2. The molecule has 0 unspecified atom stereocenters. The van der Waals surface area contributed by atoms with E-state index in [0.717, 1.165) is 17.1 Å². The molecular formula is C17H13N3OS2. The van der Waals surface area contributed by atoms with Gasteiger partial charge >= 0.3 is 0 Å². The zero-order chi connectivity index (χ0) is 15.8. The maximum atomic E-state index is 12.5. The standard InChI is InChI=1S/C17H13N3OS2/c21-16-13-15(18-14(19-16)11-7-3-1-4-8-11)20(17(22)23-13)12-9-5-2-6-10-12/h1-10,14,18H,(H,19,21)/t14-/m0/s1. The molecule has 1 atom stereocenters. The molecule has 0 bridgehead atoms. The van der Waals surface area contributed by atoms with E-state index in [4.69, 9.17) is 12.2 Å². The first-order valence-corrected chi connectivity index (χ1v) is 8.40. The molecule has 2 N–H and O–H groups in total. The van der Waals surface area contributed by atoms with E-state index in [1.54, 1.807) is 0 Å². The zero-order valence-corrected chi connectivity index (χ0v) is 13.7. The number of thiazole rings is 1. The summed E-state index contributed by atoms with van der Waals surface area (Å²) in [4.78, 5) is 13.1. The monoisotopic (exact) mass is 339 g/mol. The van der Waals surface area contributed by atoms with Gasteiger partial charge in [0, 0.05) is 5.69 Å².